The van der Waals surface area contributed by atoms with Crippen molar-refractivity contribution >= 4 is 23.5 Å². The van der Waals surface area contributed by atoms with Gasteiger partial charge in [-0.2, -0.15) is 0 Å². The molecule has 1 saturated heterocycles. The zero-order valence-electron chi connectivity index (χ0n) is 20.7. The van der Waals surface area contributed by atoms with Gasteiger partial charge in [0.05, 0.1) is 5.60 Å². The Labute approximate surface area is 203 Å². The Kier molecular flexibility index (Phi) is 8.00. The molecule has 33 heavy (non-hydrogen) atoms. The minimum absolute atomic E-state index is 0.0465. The molecule has 1 aromatic rings. The SMILES string of the molecule is CC(C)[C@@H](NC(=O)N[C@H]1CC[C@@H](C)CC1)C(=O)N1CC[C@](O)(c2ccc(Cl)cc2)C(C)(C)C1. The Morgan fingerprint density at radius 3 is 2.27 bits per heavy atom. The van der Waals surface area contributed by atoms with Crippen LogP contribution in [0, 0.1) is 17.3 Å². The molecule has 3 N–H and O–H groups in total. The number of amides is 3. The van der Waals surface area contributed by atoms with Crippen LogP contribution in [0.1, 0.15) is 72.3 Å². The molecular formula is C26H40ClN3O3. The number of aliphatic hydroxyl groups is 1. The van der Waals surface area contributed by atoms with Crippen molar-refractivity contribution in [3.63, 3.8) is 0 Å². The fraction of sp³-hybridized carbons (Fsp3) is 0.692. The summed E-state index contributed by atoms with van der Waals surface area (Å²) in [5.74, 6) is 0.573. The third-order valence-electron chi connectivity index (χ3n) is 7.65. The molecule has 2 fully saturated rings. The first-order valence-electron chi connectivity index (χ1n) is 12.3. The molecule has 0 unspecified atom stereocenters. The first-order valence-corrected chi connectivity index (χ1v) is 12.6. The Morgan fingerprint density at radius 1 is 1.12 bits per heavy atom. The molecule has 6 nitrogen and oxygen atoms in total. The van der Waals surface area contributed by atoms with Gasteiger partial charge in [-0.1, -0.05) is 58.4 Å². The lowest BCUT2D eigenvalue weighted by molar-refractivity contribution is -0.155. The number of halogens is 1. The molecule has 1 aliphatic carbocycles. The van der Waals surface area contributed by atoms with E-state index < -0.39 is 17.1 Å². The van der Waals surface area contributed by atoms with Crippen LogP contribution in [0.2, 0.25) is 5.02 Å². The van der Waals surface area contributed by atoms with Gasteiger partial charge in [-0.05, 0) is 61.6 Å². The highest BCUT2D eigenvalue weighted by molar-refractivity contribution is 6.30. The number of likely N-dealkylation sites (tertiary alicyclic amines) is 1. The number of nitrogens with one attached hydrogen (secondary N) is 2. The smallest absolute Gasteiger partial charge is 0.315 e. The van der Waals surface area contributed by atoms with Crippen molar-refractivity contribution in [2.75, 3.05) is 13.1 Å². The fourth-order valence-electron chi connectivity index (χ4n) is 5.25. The normalized spacial score (nSPS) is 28.3. The summed E-state index contributed by atoms with van der Waals surface area (Å²) in [7, 11) is 0. The summed E-state index contributed by atoms with van der Waals surface area (Å²) in [4.78, 5) is 28.0. The van der Waals surface area contributed by atoms with Gasteiger partial charge in [0.2, 0.25) is 5.91 Å². The number of nitrogens with zero attached hydrogens (tertiary/aromatic N) is 1. The van der Waals surface area contributed by atoms with E-state index >= 15 is 0 Å². The minimum atomic E-state index is -1.06. The van der Waals surface area contributed by atoms with E-state index in [0.29, 0.717) is 30.5 Å². The number of carbonyl (C=O) groups excluding carboxylic acids is 2. The van der Waals surface area contributed by atoms with Gasteiger partial charge in [0.15, 0.2) is 0 Å². The number of rotatable bonds is 5. The molecular weight excluding hydrogens is 438 g/mol. The van der Waals surface area contributed by atoms with Crippen molar-refractivity contribution in [1.29, 1.82) is 0 Å². The summed E-state index contributed by atoms with van der Waals surface area (Å²) in [6.45, 7) is 10.9. The molecule has 1 aliphatic heterocycles. The van der Waals surface area contributed by atoms with Crippen LogP contribution in [0.4, 0.5) is 4.79 Å². The van der Waals surface area contributed by atoms with Crippen LogP contribution in [-0.4, -0.2) is 47.1 Å². The van der Waals surface area contributed by atoms with E-state index in [1.807, 2.05) is 39.8 Å². The quantitative estimate of drug-likeness (QED) is 0.575. The zero-order chi connectivity index (χ0) is 24.4. The van der Waals surface area contributed by atoms with Gasteiger partial charge < -0.3 is 20.6 Å². The molecule has 0 radical (unpaired) electrons. The molecule has 3 amide bonds. The predicted molar refractivity (Wildman–Crippen MR) is 132 cm³/mol. The molecule has 3 rings (SSSR count). The van der Waals surface area contributed by atoms with E-state index in [1.165, 1.54) is 0 Å². The minimum Gasteiger partial charge on any atom is -0.384 e. The van der Waals surface area contributed by atoms with Gasteiger partial charge in [-0.25, -0.2) is 4.79 Å². The molecule has 1 heterocycles. The second-order valence-corrected chi connectivity index (χ2v) is 11.5. The van der Waals surface area contributed by atoms with E-state index in [9.17, 15) is 14.7 Å². The van der Waals surface area contributed by atoms with Gasteiger partial charge >= 0.3 is 6.03 Å². The van der Waals surface area contributed by atoms with Gasteiger partial charge in [-0.3, -0.25) is 4.79 Å². The first-order chi connectivity index (χ1) is 15.4. The van der Waals surface area contributed by atoms with Crippen LogP contribution in [0.15, 0.2) is 24.3 Å². The van der Waals surface area contributed by atoms with Crippen molar-refractivity contribution in [2.24, 2.45) is 17.3 Å². The van der Waals surface area contributed by atoms with Crippen LogP contribution < -0.4 is 10.6 Å². The summed E-state index contributed by atoms with van der Waals surface area (Å²) in [6.07, 6.45) is 4.63. The summed E-state index contributed by atoms with van der Waals surface area (Å²) < 4.78 is 0. The molecule has 0 bridgehead atoms. The number of carbonyl (C=O) groups is 2. The average Bonchev–Trinajstić information content (AvgIpc) is 2.75. The Hall–Kier alpha value is -1.79. The second-order valence-electron chi connectivity index (χ2n) is 11.1. The summed E-state index contributed by atoms with van der Waals surface area (Å²) in [5.41, 5.74) is -0.828. The fourth-order valence-corrected chi connectivity index (χ4v) is 5.38. The highest BCUT2D eigenvalue weighted by Gasteiger charge is 2.50. The molecule has 2 atom stereocenters. The standard InChI is InChI=1S/C26H40ClN3O3/c1-17(2)22(29-24(32)28-21-12-6-18(3)7-13-21)23(31)30-15-14-26(33,25(4,5)16-30)19-8-10-20(27)11-9-19/h8-11,17-18,21-22,33H,6-7,12-16H2,1-5H3,(H2,28,29,32)/t18-,21+,22-,26+/m1/s1. The number of benzene rings is 1. The van der Waals surface area contributed by atoms with Crippen molar-refractivity contribution in [3.05, 3.63) is 34.9 Å². The molecule has 184 valence electrons. The largest absolute Gasteiger partial charge is 0.384 e. The maximum atomic E-state index is 13.5. The number of hydrogen-bond acceptors (Lipinski definition) is 3. The van der Waals surface area contributed by atoms with Crippen LogP contribution in [-0.2, 0) is 10.4 Å². The topological polar surface area (TPSA) is 81.7 Å². The van der Waals surface area contributed by atoms with E-state index in [0.717, 1.165) is 31.2 Å². The Balaban J connectivity index is 1.65. The summed E-state index contributed by atoms with van der Waals surface area (Å²) >= 11 is 6.03. The maximum Gasteiger partial charge on any atom is 0.315 e. The predicted octanol–water partition coefficient (Wildman–Crippen LogP) is 4.69. The summed E-state index contributed by atoms with van der Waals surface area (Å²) in [6, 6.07) is 6.58. The Morgan fingerprint density at radius 2 is 1.73 bits per heavy atom. The first kappa shape index (κ1) is 25.8. The van der Waals surface area contributed by atoms with Gasteiger partial charge in [-0.15, -0.1) is 0 Å². The van der Waals surface area contributed by atoms with Crippen molar-refractivity contribution in [2.45, 2.75) is 84.4 Å². The third kappa shape index (κ3) is 5.83. The Bertz CT molecular complexity index is 834. The lowest BCUT2D eigenvalue weighted by atomic mass is 9.66. The van der Waals surface area contributed by atoms with Crippen molar-refractivity contribution in [1.82, 2.24) is 15.5 Å². The van der Waals surface area contributed by atoms with Crippen LogP contribution in [0.5, 0.6) is 0 Å². The monoisotopic (exact) mass is 477 g/mol. The lowest BCUT2D eigenvalue weighted by Crippen LogP contribution is -2.61. The second kappa shape index (κ2) is 10.2. The van der Waals surface area contributed by atoms with Gasteiger partial charge in [0.1, 0.15) is 6.04 Å². The molecule has 1 saturated carbocycles. The van der Waals surface area contributed by atoms with E-state index in [-0.39, 0.29) is 23.9 Å². The molecule has 0 aromatic heterocycles. The molecule has 1 aromatic carbocycles. The summed E-state index contributed by atoms with van der Waals surface area (Å²) in [5, 5.41) is 18.2. The van der Waals surface area contributed by atoms with E-state index in [2.05, 4.69) is 17.6 Å². The number of urea groups is 1. The van der Waals surface area contributed by atoms with Gasteiger partial charge in [0, 0.05) is 29.6 Å². The number of hydrogen-bond donors (Lipinski definition) is 3. The average molecular weight is 478 g/mol. The molecule has 7 heteroatoms. The van der Waals surface area contributed by atoms with E-state index in [4.69, 9.17) is 11.6 Å². The van der Waals surface area contributed by atoms with Crippen LogP contribution in [0.25, 0.3) is 0 Å². The third-order valence-corrected chi connectivity index (χ3v) is 7.91. The zero-order valence-corrected chi connectivity index (χ0v) is 21.4. The van der Waals surface area contributed by atoms with Crippen LogP contribution in [0.3, 0.4) is 0 Å². The van der Waals surface area contributed by atoms with Crippen molar-refractivity contribution in [3.8, 4) is 0 Å². The van der Waals surface area contributed by atoms with Gasteiger partial charge in [0.25, 0.3) is 0 Å². The number of piperidine rings is 1. The highest BCUT2D eigenvalue weighted by atomic mass is 35.5. The molecule has 0 spiro atoms. The lowest BCUT2D eigenvalue weighted by Gasteiger charge is -2.51. The van der Waals surface area contributed by atoms with Crippen LogP contribution >= 0.6 is 11.6 Å². The van der Waals surface area contributed by atoms with Crippen molar-refractivity contribution < 1.29 is 14.7 Å². The van der Waals surface area contributed by atoms with E-state index in [1.54, 1.807) is 17.0 Å². The highest BCUT2D eigenvalue weighted by Crippen LogP contribution is 2.46. The molecule has 2 aliphatic rings. The maximum absolute atomic E-state index is 13.5.